The first kappa shape index (κ1) is 16.0. The van der Waals surface area contributed by atoms with Crippen molar-refractivity contribution < 1.29 is 0 Å². The van der Waals surface area contributed by atoms with Crippen LogP contribution < -0.4 is 5.32 Å². The van der Waals surface area contributed by atoms with E-state index in [4.69, 9.17) is 0 Å². The van der Waals surface area contributed by atoms with Crippen molar-refractivity contribution in [3.63, 3.8) is 0 Å². The number of aryl methyl sites for hydroxylation is 1. The minimum Gasteiger partial charge on any atom is -0.311 e. The van der Waals surface area contributed by atoms with Crippen molar-refractivity contribution in [3.8, 4) is 0 Å². The molecule has 0 atom stereocenters. The van der Waals surface area contributed by atoms with Gasteiger partial charge in [-0.3, -0.25) is 4.68 Å². The third kappa shape index (κ3) is 4.83. The van der Waals surface area contributed by atoms with Crippen LogP contribution in [0.15, 0.2) is 11.8 Å². The van der Waals surface area contributed by atoms with E-state index in [0.717, 1.165) is 13.0 Å². The molecular weight excluding hydrogens is 234 g/mol. The molecule has 0 saturated heterocycles. The topological polar surface area (TPSA) is 29.9 Å². The van der Waals surface area contributed by atoms with Gasteiger partial charge in [0.25, 0.3) is 0 Å². The molecule has 0 aliphatic carbocycles. The highest BCUT2D eigenvalue weighted by atomic mass is 15.3. The molecular formula is C16H29N3. The Morgan fingerprint density at radius 1 is 1.42 bits per heavy atom. The highest BCUT2D eigenvalue weighted by Crippen LogP contribution is 2.26. The molecule has 1 N–H and O–H groups in total. The lowest BCUT2D eigenvalue weighted by Gasteiger charge is -2.17. The zero-order valence-electron chi connectivity index (χ0n) is 13.5. The molecule has 0 amide bonds. The summed E-state index contributed by atoms with van der Waals surface area (Å²) in [5.74, 6) is 0. The Hall–Kier alpha value is -1.09. The third-order valence-corrected chi connectivity index (χ3v) is 3.12. The van der Waals surface area contributed by atoms with Gasteiger partial charge < -0.3 is 5.32 Å². The van der Waals surface area contributed by atoms with Crippen molar-refractivity contribution in [1.29, 1.82) is 0 Å². The van der Waals surface area contributed by atoms with E-state index in [9.17, 15) is 0 Å². The van der Waals surface area contributed by atoms with E-state index in [-0.39, 0.29) is 5.41 Å². The summed E-state index contributed by atoms with van der Waals surface area (Å²) in [6, 6.07) is 0.519. The van der Waals surface area contributed by atoms with Crippen LogP contribution in [0.1, 0.15) is 59.2 Å². The molecule has 0 aliphatic rings. The largest absolute Gasteiger partial charge is 0.311 e. The van der Waals surface area contributed by atoms with Gasteiger partial charge in [-0.25, -0.2) is 0 Å². The molecule has 0 unspecified atom stereocenters. The zero-order valence-corrected chi connectivity index (χ0v) is 13.5. The minimum atomic E-state index is 0.0808. The van der Waals surface area contributed by atoms with Gasteiger partial charge in [-0.1, -0.05) is 53.2 Å². The fraction of sp³-hybridized carbons (Fsp3) is 0.688. The summed E-state index contributed by atoms with van der Waals surface area (Å²) < 4.78 is 1.91. The van der Waals surface area contributed by atoms with Crippen LogP contribution in [-0.2, 0) is 12.5 Å². The predicted octanol–water partition coefficient (Wildman–Crippen LogP) is 3.51. The first-order chi connectivity index (χ1) is 8.74. The molecule has 19 heavy (non-hydrogen) atoms. The average Bonchev–Trinajstić information content (AvgIpc) is 2.65. The molecule has 0 aromatic carbocycles. The lowest BCUT2D eigenvalue weighted by atomic mass is 9.89. The number of hydrogen-bond acceptors (Lipinski definition) is 2. The van der Waals surface area contributed by atoms with Crippen LogP contribution in [0.2, 0.25) is 0 Å². The maximum Gasteiger partial charge on any atom is 0.0750 e. The molecule has 3 heteroatoms. The van der Waals surface area contributed by atoms with Crippen molar-refractivity contribution in [2.45, 2.75) is 59.4 Å². The summed E-state index contributed by atoms with van der Waals surface area (Å²) in [4.78, 5) is 0. The summed E-state index contributed by atoms with van der Waals surface area (Å²) in [6.45, 7) is 14.2. The summed E-state index contributed by atoms with van der Waals surface area (Å²) >= 11 is 0. The van der Waals surface area contributed by atoms with E-state index in [1.54, 1.807) is 0 Å². The predicted molar refractivity (Wildman–Crippen MR) is 83.3 cm³/mol. The quantitative estimate of drug-likeness (QED) is 0.881. The Morgan fingerprint density at radius 2 is 2.05 bits per heavy atom. The van der Waals surface area contributed by atoms with Gasteiger partial charge in [-0.15, -0.1) is 0 Å². The van der Waals surface area contributed by atoms with Crippen molar-refractivity contribution in [2.75, 3.05) is 6.54 Å². The second kappa shape index (κ2) is 6.38. The second-order valence-electron chi connectivity index (χ2n) is 6.55. The van der Waals surface area contributed by atoms with Gasteiger partial charge in [0, 0.05) is 36.8 Å². The van der Waals surface area contributed by atoms with E-state index in [1.165, 1.54) is 16.8 Å². The van der Waals surface area contributed by atoms with E-state index in [1.807, 2.05) is 11.7 Å². The number of rotatable bonds is 5. The molecule has 0 spiro atoms. The fourth-order valence-electron chi connectivity index (χ4n) is 2.03. The monoisotopic (exact) mass is 263 g/mol. The van der Waals surface area contributed by atoms with E-state index in [0.29, 0.717) is 6.04 Å². The Kier molecular flexibility index (Phi) is 5.36. The molecule has 0 saturated carbocycles. The Bertz CT molecular complexity index is 433. The first-order valence-corrected chi connectivity index (χ1v) is 7.21. The Morgan fingerprint density at radius 3 is 2.53 bits per heavy atom. The van der Waals surface area contributed by atoms with Crippen molar-refractivity contribution in [2.24, 2.45) is 7.05 Å². The van der Waals surface area contributed by atoms with Gasteiger partial charge >= 0.3 is 0 Å². The standard InChI is InChI=1S/C16H29N3/c1-8-13(10-17-12(2)3)9-14-11-19(7)18-15(14)16(4,5)6/h9,11-12,17H,8,10H2,1-7H3. The van der Waals surface area contributed by atoms with Crippen LogP contribution in [0.5, 0.6) is 0 Å². The summed E-state index contributed by atoms with van der Waals surface area (Å²) in [6.07, 6.45) is 5.48. The smallest absolute Gasteiger partial charge is 0.0750 e. The highest BCUT2D eigenvalue weighted by Gasteiger charge is 2.20. The van der Waals surface area contributed by atoms with Crippen LogP contribution in [0, 0.1) is 0 Å². The SMILES string of the molecule is CCC(=Cc1cn(C)nc1C(C)(C)C)CNC(C)C. The van der Waals surface area contributed by atoms with E-state index < -0.39 is 0 Å². The zero-order chi connectivity index (χ0) is 14.6. The molecule has 1 heterocycles. The fourth-order valence-corrected chi connectivity index (χ4v) is 2.03. The van der Waals surface area contributed by atoms with Crippen molar-refractivity contribution in [1.82, 2.24) is 15.1 Å². The minimum absolute atomic E-state index is 0.0808. The van der Waals surface area contributed by atoms with E-state index >= 15 is 0 Å². The summed E-state index contributed by atoms with van der Waals surface area (Å²) in [5.41, 5.74) is 3.92. The van der Waals surface area contributed by atoms with Crippen LogP contribution in [0.25, 0.3) is 6.08 Å². The Balaban J connectivity index is 3.01. The number of hydrogen-bond donors (Lipinski definition) is 1. The molecule has 0 radical (unpaired) electrons. The number of nitrogens with zero attached hydrogens (tertiary/aromatic N) is 2. The molecule has 1 rings (SSSR count). The maximum absolute atomic E-state index is 4.62. The molecule has 108 valence electrons. The lowest BCUT2D eigenvalue weighted by molar-refractivity contribution is 0.552. The molecule has 0 bridgehead atoms. The van der Waals surface area contributed by atoms with Gasteiger partial charge in [0.15, 0.2) is 0 Å². The van der Waals surface area contributed by atoms with Crippen molar-refractivity contribution in [3.05, 3.63) is 23.0 Å². The first-order valence-electron chi connectivity index (χ1n) is 7.21. The van der Waals surface area contributed by atoms with Crippen LogP contribution in [-0.4, -0.2) is 22.4 Å². The van der Waals surface area contributed by atoms with Crippen molar-refractivity contribution >= 4 is 6.08 Å². The van der Waals surface area contributed by atoms with Gasteiger partial charge in [0.1, 0.15) is 0 Å². The van der Waals surface area contributed by atoms with Crippen LogP contribution >= 0.6 is 0 Å². The second-order valence-corrected chi connectivity index (χ2v) is 6.55. The van der Waals surface area contributed by atoms with Crippen LogP contribution in [0.3, 0.4) is 0 Å². The van der Waals surface area contributed by atoms with Gasteiger partial charge in [0.05, 0.1) is 5.69 Å². The molecule has 1 aromatic rings. The summed E-state index contributed by atoms with van der Waals surface area (Å²) in [5, 5.41) is 8.10. The molecule has 1 aromatic heterocycles. The average molecular weight is 263 g/mol. The van der Waals surface area contributed by atoms with Crippen LogP contribution in [0.4, 0.5) is 0 Å². The summed E-state index contributed by atoms with van der Waals surface area (Å²) in [7, 11) is 1.99. The normalized spacial score (nSPS) is 13.4. The Labute approximate surface area is 118 Å². The molecule has 3 nitrogen and oxygen atoms in total. The molecule has 0 fully saturated rings. The maximum atomic E-state index is 4.62. The molecule has 0 aliphatic heterocycles. The van der Waals surface area contributed by atoms with Gasteiger partial charge in [-0.2, -0.15) is 5.10 Å². The van der Waals surface area contributed by atoms with Gasteiger partial charge in [0.2, 0.25) is 0 Å². The van der Waals surface area contributed by atoms with E-state index in [2.05, 4.69) is 64.2 Å². The number of nitrogens with one attached hydrogen (secondary N) is 1. The number of aromatic nitrogens is 2. The third-order valence-electron chi connectivity index (χ3n) is 3.12. The van der Waals surface area contributed by atoms with Gasteiger partial charge in [-0.05, 0) is 6.42 Å². The lowest BCUT2D eigenvalue weighted by Crippen LogP contribution is -2.24. The highest BCUT2D eigenvalue weighted by molar-refractivity contribution is 5.56.